The van der Waals surface area contributed by atoms with Gasteiger partial charge in [-0.15, -0.1) is 0 Å². The molecular formula is C19H19ClN2O2. The van der Waals surface area contributed by atoms with Crippen molar-refractivity contribution in [3.8, 4) is 0 Å². The molecule has 2 aliphatic heterocycles. The number of hydrogen-bond donors (Lipinski definition) is 2. The zero-order chi connectivity index (χ0) is 16.5. The van der Waals surface area contributed by atoms with E-state index in [1.807, 2.05) is 48.5 Å². The Morgan fingerprint density at radius 2 is 1.92 bits per heavy atom. The van der Waals surface area contributed by atoms with Crippen molar-refractivity contribution >= 4 is 17.5 Å². The second-order valence-corrected chi connectivity index (χ2v) is 6.80. The summed E-state index contributed by atoms with van der Waals surface area (Å²) >= 11 is 5.86. The Hall–Kier alpha value is -1.88. The van der Waals surface area contributed by atoms with E-state index in [9.17, 15) is 4.79 Å². The summed E-state index contributed by atoms with van der Waals surface area (Å²) in [7, 11) is 0. The van der Waals surface area contributed by atoms with Crippen molar-refractivity contribution in [2.24, 2.45) is 0 Å². The number of morpholine rings is 1. The molecule has 0 unspecified atom stereocenters. The first-order valence-corrected chi connectivity index (χ1v) is 8.58. The summed E-state index contributed by atoms with van der Waals surface area (Å²) in [6, 6.07) is 15.6. The molecule has 0 aromatic heterocycles. The zero-order valence-corrected chi connectivity index (χ0v) is 13.9. The van der Waals surface area contributed by atoms with Crippen molar-refractivity contribution in [2.75, 3.05) is 6.54 Å². The standard InChI is InChI=1S/C19H19ClN2O2/c20-15-7-1-12(2-8-15)10-22-19(23)14-5-3-13(4-6-14)18-17-9-16(24-18)11-21-17/h1-8,16-18,21H,9-11H2,(H,22,23)/t16-,17-,18+/m0/s1. The summed E-state index contributed by atoms with van der Waals surface area (Å²) in [5.41, 5.74) is 2.80. The lowest BCUT2D eigenvalue weighted by molar-refractivity contribution is 0.0160. The average Bonchev–Trinajstić information content (AvgIpc) is 3.24. The largest absolute Gasteiger partial charge is 0.367 e. The minimum atomic E-state index is -0.0801. The molecule has 2 fully saturated rings. The number of nitrogens with one attached hydrogen (secondary N) is 2. The van der Waals surface area contributed by atoms with Crippen LogP contribution in [0.1, 0.15) is 34.0 Å². The number of benzene rings is 2. The minimum Gasteiger partial charge on any atom is -0.367 e. The summed E-state index contributed by atoms with van der Waals surface area (Å²) < 4.78 is 5.99. The van der Waals surface area contributed by atoms with Gasteiger partial charge in [-0.2, -0.15) is 0 Å². The average molecular weight is 343 g/mol. The molecule has 0 radical (unpaired) electrons. The molecule has 2 aromatic rings. The van der Waals surface area contributed by atoms with E-state index in [1.165, 1.54) is 0 Å². The number of carbonyl (C=O) groups is 1. The first kappa shape index (κ1) is 15.6. The summed E-state index contributed by atoms with van der Waals surface area (Å²) in [6.07, 6.45) is 1.52. The van der Waals surface area contributed by atoms with Crippen LogP contribution in [0.3, 0.4) is 0 Å². The molecule has 2 aromatic carbocycles. The van der Waals surface area contributed by atoms with E-state index in [4.69, 9.17) is 16.3 Å². The van der Waals surface area contributed by atoms with Crippen molar-refractivity contribution in [1.29, 1.82) is 0 Å². The quantitative estimate of drug-likeness (QED) is 0.897. The zero-order valence-electron chi connectivity index (χ0n) is 13.2. The molecular weight excluding hydrogens is 324 g/mol. The lowest BCUT2D eigenvalue weighted by Gasteiger charge is -2.23. The SMILES string of the molecule is O=C(NCc1ccc(Cl)cc1)c1ccc([C@H]2O[C@@H]3CN[C@H]2C3)cc1. The molecule has 5 heteroatoms. The highest BCUT2D eigenvalue weighted by molar-refractivity contribution is 6.30. The van der Waals surface area contributed by atoms with Gasteiger partial charge in [-0.05, 0) is 41.8 Å². The van der Waals surface area contributed by atoms with Crippen LogP contribution in [0.5, 0.6) is 0 Å². The van der Waals surface area contributed by atoms with Crippen LogP contribution < -0.4 is 10.6 Å². The predicted octanol–water partition coefficient (Wildman–Crippen LogP) is 3.07. The molecule has 2 aliphatic rings. The van der Waals surface area contributed by atoms with Gasteiger partial charge in [-0.3, -0.25) is 4.79 Å². The van der Waals surface area contributed by atoms with Gasteiger partial charge in [-0.25, -0.2) is 0 Å². The van der Waals surface area contributed by atoms with Crippen LogP contribution in [0, 0.1) is 0 Å². The molecule has 0 aliphatic carbocycles. The number of hydrogen-bond acceptors (Lipinski definition) is 3. The third kappa shape index (κ3) is 3.18. The Balaban J connectivity index is 1.37. The van der Waals surface area contributed by atoms with E-state index in [2.05, 4.69) is 10.6 Å². The van der Waals surface area contributed by atoms with E-state index in [0.29, 0.717) is 29.3 Å². The normalized spacial score (nSPS) is 25.0. The summed E-state index contributed by atoms with van der Waals surface area (Å²) in [4.78, 5) is 12.3. The molecule has 4 nitrogen and oxygen atoms in total. The summed E-state index contributed by atoms with van der Waals surface area (Å²) in [5.74, 6) is -0.0801. The molecule has 124 valence electrons. The van der Waals surface area contributed by atoms with Gasteiger partial charge in [0, 0.05) is 29.7 Å². The van der Waals surface area contributed by atoms with E-state index in [0.717, 1.165) is 24.1 Å². The van der Waals surface area contributed by atoms with Gasteiger partial charge in [-0.1, -0.05) is 35.9 Å². The minimum absolute atomic E-state index is 0.0801. The van der Waals surface area contributed by atoms with Crippen LogP contribution in [-0.2, 0) is 11.3 Å². The first-order chi connectivity index (χ1) is 11.7. The van der Waals surface area contributed by atoms with Crippen LogP contribution in [0.4, 0.5) is 0 Å². The van der Waals surface area contributed by atoms with Crippen molar-refractivity contribution in [1.82, 2.24) is 10.6 Å². The Labute approximate surface area is 146 Å². The number of rotatable bonds is 4. The fraction of sp³-hybridized carbons (Fsp3) is 0.316. The second kappa shape index (κ2) is 6.55. The highest BCUT2D eigenvalue weighted by atomic mass is 35.5. The number of fused-ring (bicyclic) bond motifs is 2. The molecule has 3 atom stereocenters. The summed E-state index contributed by atoms with van der Waals surface area (Å²) in [5, 5.41) is 7.09. The third-order valence-corrected chi connectivity index (χ3v) is 4.95. The molecule has 4 rings (SSSR count). The maximum atomic E-state index is 12.3. The highest BCUT2D eigenvalue weighted by Gasteiger charge is 2.41. The maximum Gasteiger partial charge on any atom is 0.251 e. The Kier molecular flexibility index (Phi) is 4.27. The van der Waals surface area contributed by atoms with Crippen LogP contribution in [-0.4, -0.2) is 24.6 Å². The Morgan fingerprint density at radius 3 is 2.54 bits per heavy atom. The van der Waals surface area contributed by atoms with Gasteiger partial charge in [0.1, 0.15) is 0 Å². The topological polar surface area (TPSA) is 50.4 Å². The molecule has 24 heavy (non-hydrogen) atoms. The van der Waals surface area contributed by atoms with Crippen LogP contribution in [0.2, 0.25) is 5.02 Å². The fourth-order valence-corrected chi connectivity index (χ4v) is 3.52. The van der Waals surface area contributed by atoms with E-state index < -0.39 is 0 Å². The van der Waals surface area contributed by atoms with Crippen LogP contribution in [0.15, 0.2) is 48.5 Å². The molecule has 2 saturated heterocycles. The molecule has 2 N–H and O–H groups in total. The monoisotopic (exact) mass is 342 g/mol. The van der Waals surface area contributed by atoms with Crippen molar-refractivity contribution in [3.05, 3.63) is 70.2 Å². The molecule has 1 amide bonds. The lowest BCUT2D eigenvalue weighted by Crippen LogP contribution is -2.34. The Morgan fingerprint density at radius 1 is 1.17 bits per heavy atom. The van der Waals surface area contributed by atoms with E-state index in [-0.39, 0.29) is 12.0 Å². The van der Waals surface area contributed by atoms with Crippen molar-refractivity contribution in [3.63, 3.8) is 0 Å². The van der Waals surface area contributed by atoms with Gasteiger partial charge in [0.25, 0.3) is 5.91 Å². The molecule has 0 saturated carbocycles. The van der Waals surface area contributed by atoms with Gasteiger partial charge in [0.2, 0.25) is 0 Å². The van der Waals surface area contributed by atoms with Gasteiger partial charge in [0.05, 0.1) is 12.2 Å². The number of amides is 1. The highest BCUT2D eigenvalue weighted by Crippen LogP contribution is 2.36. The summed E-state index contributed by atoms with van der Waals surface area (Å²) in [6.45, 7) is 1.43. The van der Waals surface area contributed by atoms with Crippen molar-refractivity contribution in [2.45, 2.75) is 31.2 Å². The third-order valence-electron chi connectivity index (χ3n) is 4.70. The van der Waals surface area contributed by atoms with E-state index in [1.54, 1.807) is 0 Å². The van der Waals surface area contributed by atoms with Gasteiger partial charge in [0.15, 0.2) is 0 Å². The molecule has 0 spiro atoms. The van der Waals surface area contributed by atoms with Crippen LogP contribution >= 0.6 is 11.6 Å². The number of halogens is 1. The fourth-order valence-electron chi connectivity index (χ4n) is 3.39. The second-order valence-electron chi connectivity index (χ2n) is 6.36. The van der Waals surface area contributed by atoms with E-state index >= 15 is 0 Å². The predicted molar refractivity (Wildman–Crippen MR) is 93.1 cm³/mol. The molecule has 2 bridgehead atoms. The number of ether oxygens (including phenoxy) is 1. The van der Waals surface area contributed by atoms with Crippen LogP contribution in [0.25, 0.3) is 0 Å². The lowest BCUT2D eigenvalue weighted by atomic mass is 10.0. The Bertz CT molecular complexity index is 730. The van der Waals surface area contributed by atoms with Crippen molar-refractivity contribution < 1.29 is 9.53 Å². The smallest absolute Gasteiger partial charge is 0.251 e. The molecule has 2 heterocycles. The van der Waals surface area contributed by atoms with Gasteiger partial charge < -0.3 is 15.4 Å². The first-order valence-electron chi connectivity index (χ1n) is 8.20. The maximum absolute atomic E-state index is 12.3. The van der Waals surface area contributed by atoms with Gasteiger partial charge >= 0.3 is 0 Å². The number of carbonyl (C=O) groups excluding carboxylic acids is 1.